The zero-order chi connectivity index (χ0) is 17.1. The molecule has 0 amide bonds. The van der Waals surface area contributed by atoms with E-state index in [0.717, 1.165) is 0 Å². The van der Waals surface area contributed by atoms with Crippen molar-refractivity contribution in [3.8, 4) is 0 Å². The van der Waals surface area contributed by atoms with Crippen LogP contribution in [-0.4, -0.2) is 107 Å². The summed E-state index contributed by atoms with van der Waals surface area (Å²) in [4.78, 5) is 0. The molecule has 0 aromatic rings. The molecular formula is C12H43F2N6OS2+. The molecule has 0 fully saturated rings. The summed E-state index contributed by atoms with van der Waals surface area (Å²) < 4.78 is 8.39. The summed E-state index contributed by atoms with van der Waals surface area (Å²) in [6, 6.07) is 0. The fourth-order valence-corrected chi connectivity index (χ4v) is 2.15. The Kier molecular flexibility index (Phi) is 72.2. The normalized spacial score (nSPS) is 8.35. The predicted molar refractivity (Wildman–Crippen MR) is 108 cm³/mol. The van der Waals surface area contributed by atoms with Crippen molar-refractivity contribution in [2.45, 2.75) is 0 Å². The third-order valence-electron chi connectivity index (χ3n) is 0.716. The first-order valence-electron chi connectivity index (χ1n) is 6.38. The van der Waals surface area contributed by atoms with E-state index in [0.29, 0.717) is 0 Å². The Morgan fingerprint density at radius 2 is 0.609 bits per heavy atom. The molecule has 0 rings (SSSR count). The third kappa shape index (κ3) is 134. The maximum atomic E-state index is 2.75. The molecule has 0 bridgehead atoms. The Hall–Kier alpha value is 0.280. The van der Waals surface area contributed by atoms with Gasteiger partial charge in [0.25, 0.3) is 0 Å². The maximum Gasteiger partial charge on any atom is 0.152 e. The molecule has 0 aliphatic heterocycles. The zero-order valence-corrected chi connectivity index (χ0v) is 18.8. The monoisotopic (exact) mass is 389 g/mol. The fraction of sp³-hybridized carbons (Fsp3) is 1.00. The van der Waals surface area contributed by atoms with Gasteiger partial charge in [-0.25, -0.2) is 0 Å². The standard InChI is InChI=1S/2C4H12N2S.2C2H7N.2FH.H2O/c2*1-5(2)7-6(3)4;2*1-3-2;;;/h2*1-4H3;2*3H,1-2H3;2*1H;1H2/p+1. The van der Waals surface area contributed by atoms with Gasteiger partial charge < -0.3 is 20.8 Å². The highest BCUT2D eigenvalue weighted by Crippen LogP contribution is 1.80. The number of nitrogens with zero attached hydrogens (tertiary/aromatic N) is 4. The minimum atomic E-state index is 0. The number of hydrogen-bond donors (Lipinski definition) is 2. The van der Waals surface area contributed by atoms with Crippen LogP contribution in [0.2, 0.25) is 0 Å². The van der Waals surface area contributed by atoms with E-state index < -0.39 is 0 Å². The van der Waals surface area contributed by atoms with E-state index in [1.165, 1.54) is 24.3 Å². The maximum absolute atomic E-state index is 2.75. The van der Waals surface area contributed by atoms with Gasteiger partial charge in [-0.1, -0.05) is 0 Å². The highest BCUT2D eigenvalue weighted by Gasteiger charge is 2.00. The van der Waals surface area contributed by atoms with Crippen molar-refractivity contribution in [3.63, 3.8) is 0 Å². The van der Waals surface area contributed by atoms with E-state index in [9.17, 15) is 0 Å². The lowest BCUT2D eigenvalue weighted by atomic mass is 11.3. The van der Waals surface area contributed by atoms with E-state index in [2.05, 4.69) is 27.9 Å². The lowest BCUT2D eigenvalue weighted by Crippen LogP contribution is -3.00. The van der Waals surface area contributed by atoms with Gasteiger partial charge in [0.15, 0.2) is 24.3 Å². The van der Waals surface area contributed by atoms with E-state index in [4.69, 9.17) is 0 Å². The van der Waals surface area contributed by atoms with Crippen LogP contribution in [0.25, 0.3) is 0 Å². The first kappa shape index (κ1) is 43.6. The van der Waals surface area contributed by atoms with Gasteiger partial charge in [-0.2, -0.15) is 0 Å². The molecule has 0 unspecified atom stereocenters. The Morgan fingerprint density at radius 1 is 0.522 bits per heavy atom. The molecule has 0 heterocycles. The van der Waals surface area contributed by atoms with Gasteiger partial charge in [-0.3, -0.25) is 4.70 Å². The average molecular weight is 390 g/mol. The van der Waals surface area contributed by atoms with E-state index in [1.54, 1.807) is 0 Å². The summed E-state index contributed by atoms with van der Waals surface area (Å²) in [5.74, 6) is 0. The van der Waals surface area contributed by atoms with Crippen molar-refractivity contribution in [1.82, 2.24) is 27.9 Å². The van der Waals surface area contributed by atoms with E-state index in [1.807, 2.05) is 84.6 Å². The summed E-state index contributed by atoms with van der Waals surface area (Å²) in [6.07, 6.45) is 0. The summed E-state index contributed by atoms with van der Waals surface area (Å²) in [5, 5.41) is 5.50. The van der Waals surface area contributed by atoms with Gasteiger partial charge in [0.05, 0.1) is 0 Å². The lowest BCUT2D eigenvalue weighted by molar-refractivity contribution is -0.00000690. The lowest BCUT2D eigenvalue weighted by Gasteiger charge is -2.01. The van der Waals surface area contributed by atoms with Crippen molar-refractivity contribution in [3.05, 3.63) is 0 Å². The van der Waals surface area contributed by atoms with Gasteiger partial charge in [-0.15, -0.1) is 17.2 Å². The Bertz CT molecular complexity index is 134. The number of rotatable bonds is 4. The van der Waals surface area contributed by atoms with Gasteiger partial charge in [0.2, 0.25) is 0 Å². The number of halogens is 2. The van der Waals surface area contributed by atoms with Crippen LogP contribution in [0.1, 0.15) is 0 Å². The average Bonchev–Trinajstić information content (AvgIpc) is 2.15. The quantitative estimate of drug-likeness (QED) is 0.373. The molecule has 23 heavy (non-hydrogen) atoms. The van der Waals surface area contributed by atoms with Crippen LogP contribution in [0.3, 0.4) is 0 Å². The largest absolute Gasteiger partial charge is 1.00 e. The first-order valence-corrected chi connectivity index (χ1v) is 7.98. The van der Waals surface area contributed by atoms with Crippen LogP contribution in [0.4, 0.5) is 4.70 Å². The van der Waals surface area contributed by atoms with Crippen LogP contribution in [0.5, 0.6) is 0 Å². The van der Waals surface area contributed by atoms with Crippen LogP contribution in [0.15, 0.2) is 0 Å². The molecule has 152 valence electrons. The van der Waals surface area contributed by atoms with Crippen LogP contribution < -0.4 is 15.3 Å². The van der Waals surface area contributed by atoms with Gasteiger partial charge in [-0.05, 0) is 28.2 Å². The second-order valence-corrected chi connectivity index (χ2v) is 8.13. The second-order valence-electron chi connectivity index (χ2n) is 4.57. The highest BCUT2D eigenvalue weighted by molar-refractivity contribution is 7.73. The Morgan fingerprint density at radius 3 is 0.609 bits per heavy atom. The molecule has 4 N–H and O–H groups in total. The predicted octanol–water partition coefficient (Wildman–Crippen LogP) is -4.49. The van der Waals surface area contributed by atoms with Gasteiger partial charge in [0, 0.05) is 56.4 Å². The Labute approximate surface area is 152 Å². The molecule has 7 nitrogen and oxygen atoms in total. The molecule has 0 atom stereocenters. The summed E-state index contributed by atoms with van der Waals surface area (Å²) in [5.41, 5.74) is 0. The van der Waals surface area contributed by atoms with Crippen LogP contribution in [-0.2, 0) is 24.3 Å². The molecule has 0 aliphatic carbocycles. The molecule has 0 radical (unpaired) electrons. The highest BCUT2D eigenvalue weighted by atomic mass is 32.2. The number of nitrogens with one attached hydrogen (secondary N) is 2. The zero-order valence-electron chi connectivity index (χ0n) is 17.0. The second kappa shape index (κ2) is 38.1. The topological polar surface area (TPSA) is 68.5 Å². The van der Waals surface area contributed by atoms with Crippen molar-refractivity contribution in [1.29, 1.82) is 0 Å². The molecule has 0 aromatic heterocycles. The molecular weight excluding hydrogens is 346 g/mol. The molecule has 0 spiro atoms. The van der Waals surface area contributed by atoms with Crippen molar-refractivity contribution in [2.75, 3.05) is 84.6 Å². The number of thiol groups is 2. The molecule has 0 aliphatic rings. The summed E-state index contributed by atoms with van der Waals surface area (Å²) >= 11 is 2.49. The third-order valence-corrected chi connectivity index (χ3v) is 2.15. The van der Waals surface area contributed by atoms with Crippen molar-refractivity contribution >= 4 is 24.3 Å². The van der Waals surface area contributed by atoms with Gasteiger partial charge in [0.1, 0.15) is 0 Å². The minimum absolute atomic E-state index is 0. The summed E-state index contributed by atoms with van der Waals surface area (Å²) in [7, 11) is 23.8. The summed E-state index contributed by atoms with van der Waals surface area (Å²) in [6.45, 7) is 0. The number of hydrogen-bond acceptors (Lipinski definition) is 6. The Balaban J connectivity index is -0.0000000304. The molecule has 0 aromatic carbocycles. The van der Waals surface area contributed by atoms with Crippen LogP contribution in [0, 0.1) is 0 Å². The fourth-order valence-electron chi connectivity index (χ4n) is 0.716. The molecule has 11 heteroatoms. The van der Waals surface area contributed by atoms with Crippen molar-refractivity contribution in [2.24, 2.45) is 0 Å². The van der Waals surface area contributed by atoms with Gasteiger partial charge >= 0.3 is 0 Å². The van der Waals surface area contributed by atoms with E-state index in [-0.39, 0.29) is 14.9 Å². The molecule has 0 saturated carbocycles. The first-order chi connectivity index (χ1) is 9.08. The minimum Gasteiger partial charge on any atom is -1.00 e. The van der Waals surface area contributed by atoms with E-state index >= 15 is 0 Å². The smallest absolute Gasteiger partial charge is 0.152 e. The van der Waals surface area contributed by atoms with Crippen LogP contribution >= 0.6 is 0 Å². The molecule has 0 saturated heterocycles. The SMILES string of the molecule is CN(C)[SH+]N(C)C.CN(C)[SH+]N(C)C.CNC.CNC.F.O.[F-]. The van der Waals surface area contributed by atoms with Crippen molar-refractivity contribution < 1.29 is 14.9 Å².